The second kappa shape index (κ2) is 5.85. The Morgan fingerprint density at radius 2 is 2.05 bits per heavy atom. The van der Waals surface area contributed by atoms with Gasteiger partial charge in [-0.25, -0.2) is 9.18 Å². The van der Waals surface area contributed by atoms with Gasteiger partial charge in [0.05, 0.1) is 22.9 Å². The van der Waals surface area contributed by atoms with E-state index in [0.717, 1.165) is 6.07 Å². The molecule has 5 heteroatoms. The molecule has 0 aliphatic rings. The summed E-state index contributed by atoms with van der Waals surface area (Å²) < 4.78 is 18.3. The Morgan fingerprint density at radius 1 is 1.30 bits per heavy atom. The third-order valence-corrected chi connectivity index (χ3v) is 2.73. The summed E-state index contributed by atoms with van der Waals surface area (Å²) in [6.45, 7) is -0.0471. The molecule has 0 saturated heterocycles. The molecule has 0 radical (unpaired) electrons. The molecule has 0 saturated carbocycles. The van der Waals surface area contributed by atoms with E-state index >= 15 is 0 Å². The van der Waals surface area contributed by atoms with Gasteiger partial charge in [-0.3, -0.25) is 0 Å². The molecule has 2 rings (SSSR count). The van der Waals surface area contributed by atoms with Crippen LogP contribution in [-0.2, 0) is 11.3 Å². The van der Waals surface area contributed by atoms with Crippen LogP contribution in [0.3, 0.4) is 0 Å². The summed E-state index contributed by atoms with van der Waals surface area (Å²) in [6.07, 6.45) is 0. The minimum Gasteiger partial charge on any atom is -0.457 e. The summed E-state index contributed by atoms with van der Waals surface area (Å²) in [5.41, 5.74) is 6.40. The van der Waals surface area contributed by atoms with Gasteiger partial charge in [-0.1, -0.05) is 18.2 Å². The van der Waals surface area contributed by atoms with Crippen LogP contribution in [0.4, 0.5) is 10.1 Å². The number of ether oxygens (including phenoxy) is 1. The van der Waals surface area contributed by atoms with Gasteiger partial charge in [-0.05, 0) is 24.3 Å². The fourth-order valence-corrected chi connectivity index (χ4v) is 1.64. The Labute approximate surface area is 115 Å². The zero-order chi connectivity index (χ0) is 14.5. The van der Waals surface area contributed by atoms with Crippen LogP contribution in [0, 0.1) is 17.1 Å². The largest absolute Gasteiger partial charge is 0.457 e. The number of hydrogen-bond donors (Lipinski definition) is 1. The van der Waals surface area contributed by atoms with E-state index in [0.29, 0.717) is 11.1 Å². The van der Waals surface area contributed by atoms with Gasteiger partial charge in [-0.2, -0.15) is 5.26 Å². The van der Waals surface area contributed by atoms with Gasteiger partial charge in [0.15, 0.2) is 0 Å². The molecule has 0 aromatic heterocycles. The fraction of sp³-hybridized carbons (Fsp3) is 0.0667. The van der Waals surface area contributed by atoms with E-state index in [1.54, 1.807) is 24.3 Å². The number of anilines is 1. The van der Waals surface area contributed by atoms with Gasteiger partial charge in [0.25, 0.3) is 0 Å². The molecule has 0 fully saturated rings. The predicted molar refractivity (Wildman–Crippen MR) is 71.1 cm³/mol. The predicted octanol–water partition coefficient (Wildman–Crippen LogP) is 2.64. The lowest BCUT2D eigenvalue weighted by Crippen LogP contribution is -2.07. The topological polar surface area (TPSA) is 76.1 Å². The maximum atomic E-state index is 13.2. The molecule has 2 N–H and O–H groups in total. The van der Waals surface area contributed by atoms with E-state index < -0.39 is 11.8 Å². The first kappa shape index (κ1) is 13.6. The second-order valence-corrected chi connectivity index (χ2v) is 4.08. The molecule has 2 aromatic carbocycles. The molecule has 0 amide bonds. The van der Waals surface area contributed by atoms with Crippen LogP contribution in [-0.4, -0.2) is 5.97 Å². The molecule has 0 unspecified atom stereocenters. The molecule has 0 aliphatic carbocycles. The number of nitrogen functional groups attached to an aromatic ring is 1. The molecule has 100 valence electrons. The number of carbonyl (C=O) groups excluding carboxylic acids is 1. The number of nitrogens with zero attached hydrogens (tertiary/aromatic N) is 1. The van der Waals surface area contributed by atoms with E-state index in [9.17, 15) is 9.18 Å². The summed E-state index contributed by atoms with van der Waals surface area (Å²) in [6, 6.07) is 12.5. The van der Waals surface area contributed by atoms with E-state index in [4.69, 9.17) is 15.7 Å². The molecule has 0 aliphatic heterocycles. The van der Waals surface area contributed by atoms with Crippen LogP contribution >= 0.6 is 0 Å². The quantitative estimate of drug-likeness (QED) is 0.687. The van der Waals surface area contributed by atoms with Crippen LogP contribution in [0.5, 0.6) is 0 Å². The molecule has 2 aromatic rings. The lowest BCUT2D eigenvalue weighted by molar-refractivity contribution is 0.0472. The van der Waals surface area contributed by atoms with E-state index in [2.05, 4.69) is 0 Å². The molecule has 0 spiro atoms. The van der Waals surface area contributed by atoms with Crippen LogP contribution in [0.1, 0.15) is 21.5 Å². The summed E-state index contributed by atoms with van der Waals surface area (Å²) in [5.74, 6) is -1.34. The minimum absolute atomic E-state index is 0.0311. The number of rotatable bonds is 3. The number of nitrogens with two attached hydrogens (primary N) is 1. The van der Waals surface area contributed by atoms with Crippen molar-refractivity contribution in [2.45, 2.75) is 6.61 Å². The normalized spacial score (nSPS) is 9.80. The standard InChI is InChI=1S/C15H11FN2O2/c16-13-7-10(5-6-14(13)18)15(19)20-9-12-4-2-1-3-11(12)8-17/h1-7H,9,18H2. The minimum atomic E-state index is -0.670. The van der Waals surface area contributed by atoms with Gasteiger partial charge in [0, 0.05) is 5.56 Å². The van der Waals surface area contributed by atoms with E-state index in [1.165, 1.54) is 12.1 Å². The molecule has 20 heavy (non-hydrogen) atoms. The van der Waals surface area contributed by atoms with Crippen molar-refractivity contribution in [1.29, 1.82) is 5.26 Å². The van der Waals surface area contributed by atoms with Crippen LogP contribution in [0.2, 0.25) is 0 Å². The summed E-state index contributed by atoms with van der Waals surface area (Å²) >= 11 is 0. The Morgan fingerprint density at radius 3 is 2.75 bits per heavy atom. The maximum absolute atomic E-state index is 13.2. The van der Waals surface area contributed by atoms with Crippen molar-refractivity contribution in [3.8, 4) is 6.07 Å². The summed E-state index contributed by atoms with van der Waals surface area (Å²) in [7, 11) is 0. The van der Waals surface area contributed by atoms with Crippen molar-refractivity contribution in [2.75, 3.05) is 5.73 Å². The Hall–Kier alpha value is -2.87. The van der Waals surface area contributed by atoms with Crippen molar-refractivity contribution < 1.29 is 13.9 Å². The zero-order valence-electron chi connectivity index (χ0n) is 10.5. The Balaban J connectivity index is 2.09. The van der Waals surface area contributed by atoms with Gasteiger partial charge in [0.1, 0.15) is 12.4 Å². The average Bonchev–Trinajstić information content (AvgIpc) is 2.47. The monoisotopic (exact) mass is 270 g/mol. The first-order valence-corrected chi connectivity index (χ1v) is 5.82. The summed E-state index contributed by atoms with van der Waals surface area (Å²) in [5, 5.41) is 8.91. The lowest BCUT2D eigenvalue weighted by atomic mass is 10.1. The molecule has 4 nitrogen and oxygen atoms in total. The van der Waals surface area contributed by atoms with Crippen LogP contribution in [0.15, 0.2) is 42.5 Å². The van der Waals surface area contributed by atoms with Gasteiger partial charge >= 0.3 is 5.97 Å². The van der Waals surface area contributed by atoms with Gasteiger partial charge in [-0.15, -0.1) is 0 Å². The number of benzene rings is 2. The van der Waals surface area contributed by atoms with Crippen molar-refractivity contribution in [3.05, 3.63) is 65.0 Å². The smallest absolute Gasteiger partial charge is 0.338 e. The highest BCUT2D eigenvalue weighted by Crippen LogP contribution is 2.14. The highest BCUT2D eigenvalue weighted by molar-refractivity contribution is 5.89. The number of halogens is 1. The average molecular weight is 270 g/mol. The molecule has 0 heterocycles. The Kier molecular flexibility index (Phi) is 3.96. The fourth-order valence-electron chi connectivity index (χ4n) is 1.64. The van der Waals surface area contributed by atoms with E-state index in [1.807, 2.05) is 6.07 Å². The molecular weight excluding hydrogens is 259 g/mol. The van der Waals surface area contributed by atoms with Gasteiger partial charge in [0.2, 0.25) is 0 Å². The van der Waals surface area contributed by atoms with Crippen LogP contribution in [0.25, 0.3) is 0 Å². The number of carbonyl (C=O) groups is 1. The highest BCUT2D eigenvalue weighted by Gasteiger charge is 2.11. The van der Waals surface area contributed by atoms with Crippen molar-refractivity contribution in [3.63, 3.8) is 0 Å². The van der Waals surface area contributed by atoms with Gasteiger partial charge < -0.3 is 10.5 Å². The molecular formula is C15H11FN2O2. The third-order valence-electron chi connectivity index (χ3n) is 2.73. The Bertz CT molecular complexity index is 693. The first-order chi connectivity index (χ1) is 9.61. The van der Waals surface area contributed by atoms with Crippen LogP contribution < -0.4 is 5.73 Å². The molecule has 0 atom stereocenters. The van der Waals surface area contributed by atoms with Crippen molar-refractivity contribution in [1.82, 2.24) is 0 Å². The second-order valence-electron chi connectivity index (χ2n) is 4.08. The molecule has 0 bridgehead atoms. The number of nitriles is 1. The van der Waals surface area contributed by atoms with Crippen molar-refractivity contribution in [2.24, 2.45) is 0 Å². The third kappa shape index (κ3) is 2.93. The zero-order valence-corrected chi connectivity index (χ0v) is 10.5. The lowest BCUT2D eigenvalue weighted by Gasteiger charge is -2.07. The SMILES string of the molecule is N#Cc1ccccc1COC(=O)c1ccc(N)c(F)c1. The van der Waals surface area contributed by atoms with Crippen molar-refractivity contribution >= 4 is 11.7 Å². The highest BCUT2D eigenvalue weighted by atomic mass is 19.1. The maximum Gasteiger partial charge on any atom is 0.338 e. The number of esters is 1. The van der Waals surface area contributed by atoms with E-state index in [-0.39, 0.29) is 17.9 Å². The number of hydrogen-bond acceptors (Lipinski definition) is 4. The first-order valence-electron chi connectivity index (χ1n) is 5.82. The summed E-state index contributed by atoms with van der Waals surface area (Å²) in [4.78, 5) is 11.8.